The summed E-state index contributed by atoms with van der Waals surface area (Å²) in [5, 5.41) is 0. The van der Waals surface area contributed by atoms with Crippen LogP contribution in [0.25, 0.3) is 0 Å². The lowest BCUT2D eigenvalue weighted by Crippen LogP contribution is -2.40. The van der Waals surface area contributed by atoms with E-state index in [0.29, 0.717) is 14.8 Å². The Labute approximate surface area is 205 Å². The molecule has 1 unspecified atom stereocenters. The number of alkyl halides is 1. The van der Waals surface area contributed by atoms with Crippen LogP contribution in [0.15, 0.2) is 131 Å². The fraction of sp³-hybridized carbons (Fsp3) is 0.111. The third-order valence-electron chi connectivity index (χ3n) is 5.59. The van der Waals surface area contributed by atoms with Crippen LogP contribution in [0, 0.1) is 0 Å². The van der Waals surface area contributed by atoms with Gasteiger partial charge in [-0.1, -0.05) is 101 Å². The monoisotopic (exact) mass is 509 g/mol. The summed E-state index contributed by atoms with van der Waals surface area (Å²) < 4.78 is 71.7. The zero-order valence-electron chi connectivity index (χ0n) is 18.7. The Balaban J connectivity index is 1.93. The second kappa shape index (κ2) is 10.5. The van der Waals surface area contributed by atoms with Crippen LogP contribution < -0.4 is 0 Å². The molecule has 35 heavy (non-hydrogen) atoms. The predicted molar refractivity (Wildman–Crippen MR) is 133 cm³/mol. The maximum atomic E-state index is 15.6. The lowest BCUT2D eigenvalue weighted by atomic mass is 9.98. The van der Waals surface area contributed by atoms with E-state index in [1.54, 1.807) is 72.8 Å². The summed E-state index contributed by atoms with van der Waals surface area (Å²) in [7, 11) is -9.21. The number of nitrogens with zero attached hydrogens (tertiary/aromatic N) is 1. The molecule has 0 heterocycles. The summed E-state index contributed by atoms with van der Waals surface area (Å²) in [6.07, 6.45) is -2.01. The van der Waals surface area contributed by atoms with E-state index in [1.807, 2.05) is 0 Å². The molecule has 0 aliphatic heterocycles. The van der Waals surface area contributed by atoms with Crippen molar-refractivity contribution >= 4 is 20.0 Å². The van der Waals surface area contributed by atoms with E-state index < -0.39 is 38.7 Å². The van der Waals surface area contributed by atoms with Gasteiger partial charge in [-0.15, -0.1) is 0 Å². The van der Waals surface area contributed by atoms with Crippen molar-refractivity contribution < 1.29 is 21.2 Å². The maximum absolute atomic E-state index is 15.6. The second-order valence-corrected chi connectivity index (χ2v) is 11.8. The zero-order valence-corrected chi connectivity index (χ0v) is 20.3. The van der Waals surface area contributed by atoms with Crippen molar-refractivity contribution in [2.24, 2.45) is 0 Å². The SMILES string of the molecule is O=S(=O)(c1ccccc1)N(C(C[C@H](F)c1ccccc1)c1ccccc1)S(=O)(=O)c1ccccc1. The minimum Gasteiger partial charge on any atom is -0.242 e. The first-order valence-electron chi connectivity index (χ1n) is 11.0. The predicted octanol–water partition coefficient (Wildman–Crippen LogP) is 5.91. The summed E-state index contributed by atoms with van der Waals surface area (Å²) in [6.45, 7) is 0. The Kier molecular flexibility index (Phi) is 7.45. The van der Waals surface area contributed by atoms with Crippen LogP contribution in [-0.2, 0) is 20.0 Å². The van der Waals surface area contributed by atoms with Crippen molar-refractivity contribution in [1.29, 1.82) is 0 Å². The summed E-state index contributed by atoms with van der Waals surface area (Å²) in [5.74, 6) is 0. The van der Waals surface area contributed by atoms with Crippen molar-refractivity contribution in [2.75, 3.05) is 0 Å². The largest absolute Gasteiger partial charge is 0.256 e. The minimum atomic E-state index is -4.60. The molecule has 0 spiro atoms. The van der Waals surface area contributed by atoms with E-state index in [9.17, 15) is 16.8 Å². The Bertz CT molecular complexity index is 1380. The van der Waals surface area contributed by atoms with Crippen LogP contribution in [0.5, 0.6) is 0 Å². The highest BCUT2D eigenvalue weighted by Crippen LogP contribution is 2.40. The first kappa shape index (κ1) is 24.8. The van der Waals surface area contributed by atoms with E-state index in [1.165, 1.54) is 48.5 Å². The minimum absolute atomic E-state index is 0.199. The van der Waals surface area contributed by atoms with Gasteiger partial charge < -0.3 is 0 Å². The van der Waals surface area contributed by atoms with Gasteiger partial charge in [0.1, 0.15) is 6.17 Å². The molecule has 4 aromatic carbocycles. The van der Waals surface area contributed by atoms with Gasteiger partial charge in [-0.2, -0.15) is 0 Å². The number of halogens is 1. The van der Waals surface area contributed by atoms with Crippen molar-refractivity contribution in [3.05, 3.63) is 132 Å². The third-order valence-corrected chi connectivity index (χ3v) is 9.96. The average molecular weight is 510 g/mol. The van der Waals surface area contributed by atoms with Crippen molar-refractivity contribution in [3.63, 3.8) is 0 Å². The lowest BCUT2D eigenvalue weighted by Gasteiger charge is -2.31. The molecular formula is C27H24FNO4S2. The van der Waals surface area contributed by atoms with E-state index in [2.05, 4.69) is 0 Å². The number of hydrogen-bond acceptors (Lipinski definition) is 4. The number of hydrogen-bond donors (Lipinski definition) is 0. The molecule has 5 nitrogen and oxygen atoms in total. The van der Waals surface area contributed by atoms with Gasteiger partial charge in [-0.25, -0.2) is 21.2 Å². The van der Waals surface area contributed by atoms with E-state index in [4.69, 9.17) is 0 Å². The first-order valence-corrected chi connectivity index (χ1v) is 13.8. The smallest absolute Gasteiger partial charge is 0.242 e. The average Bonchev–Trinajstić information content (AvgIpc) is 2.90. The molecule has 0 fully saturated rings. The fourth-order valence-corrected chi connectivity index (χ4v) is 7.92. The normalized spacial score (nSPS) is 13.9. The molecule has 0 saturated carbocycles. The van der Waals surface area contributed by atoms with Gasteiger partial charge in [-0.3, -0.25) is 0 Å². The van der Waals surface area contributed by atoms with Gasteiger partial charge >= 0.3 is 0 Å². The Hall–Kier alpha value is -3.33. The first-order chi connectivity index (χ1) is 16.8. The van der Waals surface area contributed by atoms with Crippen LogP contribution in [0.1, 0.15) is 29.8 Å². The summed E-state index contributed by atoms with van der Waals surface area (Å²) in [6, 6.07) is 29.9. The number of rotatable bonds is 9. The molecule has 0 aromatic heterocycles. The highest BCUT2D eigenvalue weighted by molar-refractivity contribution is 8.04. The Morgan fingerprint density at radius 3 is 1.29 bits per heavy atom. The quantitative estimate of drug-likeness (QED) is 0.281. The zero-order chi connectivity index (χ0) is 24.9. The number of sulfonamides is 2. The van der Waals surface area contributed by atoms with Crippen LogP contribution in [0.2, 0.25) is 0 Å². The van der Waals surface area contributed by atoms with Gasteiger partial charge in [0.05, 0.1) is 15.8 Å². The molecule has 0 aliphatic carbocycles. The molecular weight excluding hydrogens is 485 g/mol. The highest BCUT2D eigenvalue weighted by Gasteiger charge is 2.43. The lowest BCUT2D eigenvalue weighted by molar-refractivity contribution is 0.269. The van der Waals surface area contributed by atoms with Crippen molar-refractivity contribution in [1.82, 2.24) is 3.71 Å². The molecule has 0 radical (unpaired) electrons. The summed E-state index contributed by atoms with van der Waals surface area (Å²) in [4.78, 5) is -0.397. The molecule has 8 heteroatoms. The number of benzene rings is 4. The molecule has 0 bridgehead atoms. The van der Waals surface area contributed by atoms with E-state index in [-0.39, 0.29) is 9.79 Å². The van der Waals surface area contributed by atoms with Gasteiger partial charge in [0.25, 0.3) is 20.0 Å². The van der Waals surface area contributed by atoms with Gasteiger partial charge in [-0.05, 0) is 35.4 Å². The third kappa shape index (κ3) is 5.35. The maximum Gasteiger partial charge on any atom is 0.256 e. The highest BCUT2D eigenvalue weighted by atomic mass is 32.3. The Morgan fingerprint density at radius 2 is 0.886 bits per heavy atom. The topological polar surface area (TPSA) is 71.5 Å². The molecule has 4 aromatic rings. The van der Waals surface area contributed by atoms with Crippen LogP contribution in [-0.4, -0.2) is 20.5 Å². The van der Waals surface area contributed by atoms with E-state index >= 15 is 4.39 Å². The van der Waals surface area contributed by atoms with Gasteiger partial charge in [0.15, 0.2) is 0 Å². The van der Waals surface area contributed by atoms with Gasteiger partial charge in [0.2, 0.25) is 0 Å². The molecule has 0 amide bonds. The van der Waals surface area contributed by atoms with Crippen LogP contribution in [0.4, 0.5) is 4.39 Å². The van der Waals surface area contributed by atoms with E-state index in [0.717, 1.165) is 0 Å². The second-order valence-electron chi connectivity index (χ2n) is 7.90. The molecule has 0 N–H and O–H groups in total. The van der Waals surface area contributed by atoms with Crippen molar-refractivity contribution in [3.8, 4) is 0 Å². The van der Waals surface area contributed by atoms with Crippen LogP contribution >= 0.6 is 0 Å². The van der Waals surface area contributed by atoms with Gasteiger partial charge in [0, 0.05) is 6.42 Å². The van der Waals surface area contributed by atoms with Crippen LogP contribution in [0.3, 0.4) is 0 Å². The molecule has 2 atom stereocenters. The standard InChI is InChI=1S/C27H24FNO4S2/c28-26(22-13-5-1-6-14-22)21-27(23-15-7-2-8-16-23)29(34(30,31)24-17-9-3-10-18-24)35(32,33)25-19-11-4-12-20-25/h1-20,26-27H,21H2/t26-,27?/m0/s1. The Morgan fingerprint density at radius 1 is 0.543 bits per heavy atom. The molecule has 180 valence electrons. The summed E-state index contributed by atoms with van der Waals surface area (Å²) >= 11 is 0. The fourth-order valence-electron chi connectivity index (χ4n) is 3.87. The van der Waals surface area contributed by atoms with Crippen molar-refractivity contribution in [2.45, 2.75) is 28.4 Å². The summed E-state index contributed by atoms with van der Waals surface area (Å²) in [5.41, 5.74) is 0.702. The molecule has 0 saturated heterocycles. The molecule has 0 aliphatic rings. The molecule has 4 rings (SSSR count).